The molecule has 0 radical (unpaired) electrons. The maximum absolute atomic E-state index is 13.1. The van der Waals surface area contributed by atoms with Crippen molar-refractivity contribution in [2.45, 2.75) is 26.7 Å². The molecule has 0 unspecified atom stereocenters. The number of hydrogen-bond acceptors (Lipinski definition) is 1. The van der Waals surface area contributed by atoms with Crippen molar-refractivity contribution in [1.29, 1.82) is 0 Å². The van der Waals surface area contributed by atoms with Crippen LogP contribution in [-0.4, -0.2) is 11.9 Å². The normalized spacial score (nSPS) is 11.1. The van der Waals surface area contributed by atoms with E-state index in [0.717, 1.165) is 6.42 Å². The SMILES string of the molecule is CC(C)CCC(=O)C[P+](c1ccccc1)(c1ccccc1)c1ccccc1.[Br-]. The lowest BCUT2D eigenvalue weighted by molar-refractivity contribution is -0.116. The van der Waals surface area contributed by atoms with E-state index in [1.54, 1.807) is 0 Å². The van der Waals surface area contributed by atoms with Crippen molar-refractivity contribution in [3.63, 3.8) is 0 Å². The minimum atomic E-state index is -2.02. The van der Waals surface area contributed by atoms with Gasteiger partial charge in [-0.3, -0.25) is 4.79 Å². The van der Waals surface area contributed by atoms with Crippen molar-refractivity contribution in [2.24, 2.45) is 5.92 Å². The van der Waals surface area contributed by atoms with Crippen molar-refractivity contribution in [1.82, 2.24) is 0 Å². The van der Waals surface area contributed by atoms with Crippen LogP contribution in [0.15, 0.2) is 91.0 Å². The second kappa shape index (κ2) is 10.7. The topological polar surface area (TPSA) is 17.1 Å². The number of ketones is 1. The first kappa shape index (κ1) is 22.5. The molecular weight excluding hydrogens is 427 g/mol. The Bertz CT molecular complexity index is 751. The number of halogens is 1. The van der Waals surface area contributed by atoms with Crippen molar-refractivity contribution in [3.8, 4) is 0 Å². The Morgan fingerprint density at radius 2 is 1.07 bits per heavy atom. The summed E-state index contributed by atoms with van der Waals surface area (Å²) in [7, 11) is -2.02. The molecule has 0 N–H and O–H groups in total. The summed E-state index contributed by atoms with van der Waals surface area (Å²) in [6.07, 6.45) is 2.21. The fourth-order valence-corrected chi connectivity index (χ4v) is 7.73. The predicted molar refractivity (Wildman–Crippen MR) is 119 cm³/mol. The van der Waals surface area contributed by atoms with Gasteiger partial charge in [-0.25, -0.2) is 0 Å². The molecule has 0 aliphatic carbocycles. The molecule has 0 bridgehead atoms. The molecule has 0 fully saturated rings. The molecule has 0 saturated carbocycles. The monoisotopic (exact) mass is 454 g/mol. The average molecular weight is 455 g/mol. The molecule has 0 aromatic heterocycles. The van der Waals surface area contributed by atoms with E-state index in [1.807, 2.05) is 0 Å². The van der Waals surface area contributed by atoms with Crippen LogP contribution in [0.1, 0.15) is 26.7 Å². The van der Waals surface area contributed by atoms with Crippen LogP contribution in [0.2, 0.25) is 0 Å². The van der Waals surface area contributed by atoms with Crippen LogP contribution in [0.5, 0.6) is 0 Å². The first-order chi connectivity index (χ1) is 13.1. The zero-order chi connectivity index (χ0) is 19.1. The van der Waals surface area contributed by atoms with E-state index in [-0.39, 0.29) is 17.0 Å². The second-order valence-corrected chi connectivity index (χ2v) is 10.9. The van der Waals surface area contributed by atoms with Crippen LogP contribution in [0, 0.1) is 5.92 Å². The van der Waals surface area contributed by atoms with Gasteiger partial charge in [-0.15, -0.1) is 0 Å². The zero-order valence-corrected chi connectivity index (χ0v) is 19.1. The Kier molecular flexibility index (Phi) is 8.60. The second-order valence-electron chi connectivity index (χ2n) is 7.45. The summed E-state index contributed by atoms with van der Waals surface area (Å²) < 4.78 is 0. The Morgan fingerprint density at radius 3 is 1.39 bits per heavy atom. The summed E-state index contributed by atoms with van der Waals surface area (Å²) in [5.74, 6) is 0.917. The third-order valence-corrected chi connectivity index (χ3v) is 9.37. The minimum Gasteiger partial charge on any atom is -1.00 e. The Hall–Kier alpha value is -1.76. The molecule has 1 nitrogen and oxygen atoms in total. The summed E-state index contributed by atoms with van der Waals surface area (Å²) in [6, 6.07) is 31.9. The van der Waals surface area contributed by atoms with Gasteiger partial charge in [-0.2, -0.15) is 0 Å². The number of benzene rings is 3. The quantitative estimate of drug-likeness (QED) is 0.475. The smallest absolute Gasteiger partial charge is 0.171 e. The number of carbonyl (C=O) groups is 1. The van der Waals surface area contributed by atoms with E-state index < -0.39 is 7.26 Å². The van der Waals surface area contributed by atoms with Gasteiger partial charge >= 0.3 is 0 Å². The standard InChI is InChI=1S/C25H28OP.BrH/c1-21(2)18-19-22(26)20-27(23-12-6-3-7-13-23,24-14-8-4-9-15-24)25-16-10-5-11-17-25;/h3-17,21H,18-20H2,1-2H3;1H/q+1;/p-1. The van der Waals surface area contributed by atoms with E-state index in [0.29, 0.717) is 24.3 Å². The molecule has 0 aliphatic rings. The highest BCUT2D eigenvalue weighted by molar-refractivity contribution is 7.96. The fourth-order valence-electron chi connectivity index (χ4n) is 3.56. The fraction of sp³-hybridized carbons (Fsp3) is 0.240. The molecule has 146 valence electrons. The summed E-state index contributed by atoms with van der Waals surface area (Å²) in [6.45, 7) is 4.36. The van der Waals surface area contributed by atoms with Crippen molar-refractivity contribution in [3.05, 3.63) is 91.0 Å². The molecule has 0 saturated heterocycles. The molecule has 0 atom stereocenters. The molecule has 0 amide bonds. The van der Waals surface area contributed by atoms with Gasteiger partial charge in [0.2, 0.25) is 0 Å². The van der Waals surface area contributed by atoms with Crippen LogP contribution in [0.3, 0.4) is 0 Å². The lowest BCUT2D eigenvalue weighted by Gasteiger charge is -2.27. The van der Waals surface area contributed by atoms with Gasteiger partial charge in [0.25, 0.3) is 0 Å². The highest BCUT2D eigenvalue weighted by Crippen LogP contribution is 2.55. The van der Waals surface area contributed by atoms with Gasteiger partial charge in [0.15, 0.2) is 5.78 Å². The molecule has 3 heteroatoms. The minimum absolute atomic E-state index is 0. The molecule has 3 aromatic rings. The Labute approximate surface area is 180 Å². The maximum Gasteiger partial charge on any atom is 0.171 e. The van der Waals surface area contributed by atoms with Crippen molar-refractivity contribution >= 4 is 29.0 Å². The van der Waals surface area contributed by atoms with Crippen LogP contribution in [-0.2, 0) is 4.79 Å². The van der Waals surface area contributed by atoms with E-state index in [4.69, 9.17) is 0 Å². The highest BCUT2D eigenvalue weighted by atomic mass is 79.9. The molecular formula is C25H28BrOP. The first-order valence-corrected chi connectivity index (χ1v) is 11.7. The maximum atomic E-state index is 13.1. The predicted octanol–water partition coefficient (Wildman–Crippen LogP) is 1.99. The highest BCUT2D eigenvalue weighted by Gasteiger charge is 2.46. The zero-order valence-electron chi connectivity index (χ0n) is 16.6. The van der Waals surface area contributed by atoms with E-state index in [2.05, 4.69) is 105 Å². The number of rotatable bonds is 8. The van der Waals surface area contributed by atoms with Crippen LogP contribution < -0.4 is 32.9 Å². The van der Waals surface area contributed by atoms with E-state index >= 15 is 0 Å². The third-order valence-electron chi connectivity index (χ3n) is 5.00. The van der Waals surface area contributed by atoms with Crippen LogP contribution >= 0.6 is 7.26 Å². The van der Waals surface area contributed by atoms with Crippen molar-refractivity contribution in [2.75, 3.05) is 6.16 Å². The Morgan fingerprint density at radius 1 is 0.714 bits per heavy atom. The number of Topliss-reactive ketones (excluding diaryl/α,β-unsaturated/α-hetero) is 1. The molecule has 0 heterocycles. The van der Waals surface area contributed by atoms with Crippen LogP contribution in [0.4, 0.5) is 0 Å². The van der Waals surface area contributed by atoms with Gasteiger partial charge in [-0.05, 0) is 48.7 Å². The third kappa shape index (κ3) is 5.19. The molecule has 3 rings (SSSR count). The van der Waals surface area contributed by atoms with Gasteiger partial charge in [0.1, 0.15) is 29.3 Å². The number of carbonyl (C=O) groups excluding carboxylic acids is 1. The van der Waals surface area contributed by atoms with E-state index in [1.165, 1.54) is 15.9 Å². The van der Waals surface area contributed by atoms with Gasteiger partial charge in [0, 0.05) is 6.42 Å². The van der Waals surface area contributed by atoms with Gasteiger partial charge < -0.3 is 17.0 Å². The van der Waals surface area contributed by atoms with Gasteiger partial charge in [0.05, 0.1) is 0 Å². The molecule has 3 aromatic carbocycles. The molecule has 28 heavy (non-hydrogen) atoms. The largest absolute Gasteiger partial charge is 1.00 e. The summed E-state index contributed by atoms with van der Waals surface area (Å²) in [4.78, 5) is 13.1. The van der Waals surface area contributed by atoms with Crippen LogP contribution in [0.25, 0.3) is 0 Å². The van der Waals surface area contributed by atoms with E-state index in [9.17, 15) is 4.79 Å². The van der Waals surface area contributed by atoms with Gasteiger partial charge in [-0.1, -0.05) is 68.4 Å². The lowest BCUT2D eigenvalue weighted by atomic mass is 10.1. The Balaban J connectivity index is 0.00000280. The summed E-state index contributed by atoms with van der Waals surface area (Å²) in [5, 5.41) is 3.83. The van der Waals surface area contributed by atoms with Crippen molar-refractivity contribution < 1.29 is 21.8 Å². The average Bonchev–Trinajstić information content (AvgIpc) is 2.72. The first-order valence-electron chi connectivity index (χ1n) is 9.69. The number of hydrogen-bond donors (Lipinski definition) is 0. The molecule has 0 aliphatic heterocycles. The lowest BCUT2D eigenvalue weighted by Crippen LogP contribution is -3.00. The summed E-state index contributed by atoms with van der Waals surface area (Å²) in [5.41, 5.74) is 0. The molecule has 0 spiro atoms. The summed E-state index contributed by atoms with van der Waals surface area (Å²) >= 11 is 0.